The predicted molar refractivity (Wildman–Crippen MR) is 106 cm³/mol. The van der Waals surface area contributed by atoms with Crippen molar-refractivity contribution in [1.29, 1.82) is 0 Å². The first-order valence-corrected chi connectivity index (χ1v) is 9.83. The molecule has 1 amide bonds. The average Bonchev–Trinajstić information content (AvgIpc) is 3.09. The van der Waals surface area contributed by atoms with Crippen LogP contribution in [-0.2, 0) is 0 Å². The van der Waals surface area contributed by atoms with Gasteiger partial charge in [0, 0.05) is 24.0 Å². The van der Waals surface area contributed by atoms with E-state index in [1.165, 1.54) is 11.3 Å². The summed E-state index contributed by atoms with van der Waals surface area (Å²) in [6, 6.07) is 9.01. The van der Waals surface area contributed by atoms with Gasteiger partial charge in [-0.25, -0.2) is 0 Å². The molecule has 1 aliphatic rings. The van der Waals surface area contributed by atoms with Gasteiger partial charge in [-0.05, 0) is 51.0 Å². The zero-order chi connectivity index (χ0) is 19.4. The molecule has 8 heteroatoms. The fourth-order valence-corrected chi connectivity index (χ4v) is 4.07. The van der Waals surface area contributed by atoms with Crippen LogP contribution in [-0.4, -0.2) is 36.6 Å². The molecule has 0 unspecified atom stereocenters. The molecule has 2 aromatic rings. The van der Waals surface area contributed by atoms with Gasteiger partial charge in [0.2, 0.25) is 0 Å². The van der Waals surface area contributed by atoms with Crippen molar-refractivity contribution in [3.05, 3.63) is 50.2 Å². The molecule has 1 aliphatic heterocycles. The molecule has 0 atom stereocenters. The number of piperidine rings is 1. The van der Waals surface area contributed by atoms with Crippen LogP contribution in [0.25, 0.3) is 0 Å². The van der Waals surface area contributed by atoms with Crippen molar-refractivity contribution in [2.24, 2.45) is 0 Å². The minimum absolute atomic E-state index is 0.0101. The topological polar surface area (TPSA) is 84.7 Å². The SMILES string of the molecule is CCOc1cccc(N2CCC(NC(=O)c3ccc(C)s3)CC2)c1[N+](=O)[O-]. The molecule has 144 valence electrons. The average molecular weight is 389 g/mol. The first kappa shape index (κ1) is 19.2. The van der Waals surface area contributed by atoms with E-state index in [1.807, 2.05) is 24.0 Å². The molecular formula is C19H23N3O4S. The van der Waals surface area contributed by atoms with Gasteiger partial charge in [0.15, 0.2) is 5.75 Å². The summed E-state index contributed by atoms with van der Waals surface area (Å²) in [4.78, 5) is 27.3. The number of rotatable bonds is 6. The number of nitro benzene ring substituents is 1. The fraction of sp³-hybridized carbons (Fsp3) is 0.421. The Hall–Kier alpha value is -2.61. The van der Waals surface area contributed by atoms with E-state index in [1.54, 1.807) is 25.1 Å². The van der Waals surface area contributed by atoms with Gasteiger partial charge in [-0.3, -0.25) is 14.9 Å². The van der Waals surface area contributed by atoms with E-state index in [0.29, 0.717) is 31.1 Å². The number of nitrogens with one attached hydrogen (secondary N) is 1. The zero-order valence-corrected chi connectivity index (χ0v) is 16.3. The fourth-order valence-electron chi connectivity index (χ4n) is 3.30. The third-order valence-electron chi connectivity index (χ3n) is 4.60. The second-order valence-electron chi connectivity index (χ2n) is 6.46. The van der Waals surface area contributed by atoms with Gasteiger partial charge in [0.05, 0.1) is 16.4 Å². The van der Waals surface area contributed by atoms with Gasteiger partial charge < -0.3 is 15.0 Å². The highest BCUT2D eigenvalue weighted by atomic mass is 32.1. The Morgan fingerprint density at radius 1 is 1.33 bits per heavy atom. The van der Waals surface area contributed by atoms with Crippen molar-refractivity contribution in [3.8, 4) is 5.75 Å². The van der Waals surface area contributed by atoms with Crippen LogP contribution in [0.5, 0.6) is 5.75 Å². The van der Waals surface area contributed by atoms with Crippen LogP contribution in [0.2, 0.25) is 0 Å². The van der Waals surface area contributed by atoms with Crippen molar-refractivity contribution in [2.45, 2.75) is 32.7 Å². The summed E-state index contributed by atoms with van der Waals surface area (Å²) in [6.07, 6.45) is 1.48. The summed E-state index contributed by atoms with van der Waals surface area (Å²) < 4.78 is 5.43. The lowest BCUT2D eigenvalue weighted by Gasteiger charge is -2.33. The Morgan fingerprint density at radius 3 is 2.67 bits per heavy atom. The van der Waals surface area contributed by atoms with E-state index in [-0.39, 0.29) is 22.6 Å². The predicted octanol–water partition coefficient (Wildman–Crippen LogP) is 3.76. The third-order valence-corrected chi connectivity index (χ3v) is 5.59. The molecule has 0 saturated carbocycles. The van der Waals surface area contributed by atoms with Gasteiger partial charge in [0.1, 0.15) is 5.69 Å². The molecule has 1 saturated heterocycles. The van der Waals surface area contributed by atoms with Crippen LogP contribution >= 0.6 is 11.3 Å². The Kier molecular flexibility index (Phi) is 5.95. The van der Waals surface area contributed by atoms with Crippen molar-refractivity contribution < 1.29 is 14.5 Å². The number of benzene rings is 1. The number of nitrogens with zero attached hydrogens (tertiary/aromatic N) is 2. The molecule has 1 fully saturated rings. The van der Waals surface area contributed by atoms with Crippen LogP contribution in [0.4, 0.5) is 11.4 Å². The summed E-state index contributed by atoms with van der Waals surface area (Å²) in [5, 5.41) is 14.6. The van der Waals surface area contributed by atoms with Gasteiger partial charge in [-0.2, -0.15) is 0 Å². The summed E-state index contributed by atoms with van der Waals surface area (Å²) in [5.74, 6) is 0.249. The van der Waals surface area contributed by atoms with Crippen molar-refractivity contribution in [2.75, 3.05) is 24.6 Å². The van der Waals surface area contributed by atoms with Crippen molar-refractivity contribution in [1.82, 2.24) is 5.32 Å². The molecule has 1 N–H and O–H groups in total. The maximum absolute atomic E-state index is 12.3. The number of nitro groups is 1. The number of hydrogen-bond acceptors (Lipinski definition) is 6. The van der Waals surface area contributed by atoms with E-state index < -0.39 is 0 Å². The number of aryl methyl sites for hydroxylation is 1. The maximum Gasteiger partial charge on any atom is 0.333 e. The summed E-state index contributed by atoms with van der Waals surface area (Å²) in [5.41, 5.74) is 0.584. The third kappa shape index (κ3) is 4.39. The van der Waals surface area contributed by atoms with Crippen LogP contribution in [0.3, 0.4) is 0 Å². The number of carbonyl (C=O) groups is 1. The second kappa shape index (κ2) is 8.39. The summed E-state index contributed by atoms with van der Waals surface area (Å²) in [6.45, 7) is 5.44. The van der Waals surface area contributed by atoms with Gasteiger partial charge in [-0.15, -0.1) is 11.3 Å². The van der Waals surface area contributed by atoms with E-state index in [4.69, 9.17) is 4.74 Å². The molecule has 2 heterocycles. The van der Waals surface area contributed by atoms with E-state index in [9.17, 15) is 14.9 Å². The molecular weight excluding hydrogens is 366 g/mol. The molecule has 27 heavy (non-hydrogen) atoms. The van der Waals surface area contributed by atoms with Crippen LogP contribution in [0.1, 0.15) is 34.3 Å². The van der Waals surface area contributed by atoms with Gasteiger partial charge in [0.25, 0.3) is 5.91 Å². The minimum atomic E-state index is -0.382. The number of anilines is 1. The van der Waals surface area contributed by atoms with E-state index in [2.05, 4.69) is 5.32 Å². The maximum atomic E-state index is 12.3. The molecule has 0 radical (unpaired) electrons. The lowest BCUT2D eigenvalue weighted by molar-refractivity contribution is -0.385. The number of amides is 1. The highest BCUT2D eigenvalue weighted by molar-refractivity contribution is 7.13. The number of para-hydroxylation sites is 1. The Labute approximate surface area is 162 Å². The molecule has 7 nitrogen and oxygen atoms in total. The van der Waals surface area contributed by atoms with E-state index >= 15 is 0 Å². The minimum Gasteiger partial charge on any atom is -0.487 e. The van der Waals surface area contributed by atoms with E-state index in [0.717, 1.165) is 22.6 Å². The monoisotopic (exact) mass is 389 g/mol. The zero-order valence-electron chi connectivity index (χ0n) is 15.4. The molecule has 1 aromatic heterocycles. The summed E-state index contributed by atoms with van der Waals surface area (Å²) in [7, 11) is 0. The molecule has 0 spiro atoms. The second-order valence-corrected chi connectivity index (χ2v) is 7.75. The lowest BCUT2D eigenvalue weighted by Crippen LogP contribution is -2.44. The van der Waals surface area contributed by atoms with Crippen molar-refractivity contribution in [3.63, 3.8) is 0 Å². The first-order chi connectivity index (χ1) is 13.0. The van der Waals surface area contributed by atoms with Gasteiger partial charge >= 0.3 is 5.69 Å². The molecule has 3 rings (SSSR count). The van der Waals surface area contributed by atoms with Crippen molar-refractivity contribution >= 4 is 28.6 Å². The molecule has 0 aliphatic carbocycles. The largest absolute Gasteiger partial charge is 0.487 e. The Balaban J connectivity index is 1.66. The van der Waals surface area contributed by atoms with Gasteiger partial charge in [-0.1, -0.05) is 6.07 Å². The van der Waals surface area contributed by atoms with Crippen LogP contribution < -0.4 is 15.0 Å². The lowest BCUT2D eigenvalue weighted by atomic mass is 10.0. The van der Waals surface area contributed by atoms with Crippen LogP contribution in [0, 0.1) is 17.0 Å². The normalized spacial score (nSPS) is 14.8. The number of thiophene rings is 1. The first-order valence-electron chi connectivity index (χ1n) is 9.02. The molecule has 1 aromatic carbocycles. The summed E-state index contributed by atoms with van der Waals surface area (Å²) >= 11 is 1.48. The highest BCUT2D eigenvalue weighted by Crippen LogP contribution is 2.38. The quantitative estimate of drug-likeness (QED) is 0.601. The number of carbonyl (C=O) groups excluding carboxylic acids is 1. The standard InChI is InChI=1S/C19H23N3O4S/c1-3-26-16-6-4-5-15(18(16)22(24)25)21-11-9-14(10-12-21)20-19(23)17-8-7-13(2)27-17/h4-8,14H,3,9-12H2,1-2H3,(H,20,23). The Morgan fingerprint density at radius 2 is 2.07 bits per heavy atom. The van der Waals surface area contributed by atoms with Crippen LogP contribution in [0.15, 0.2) is 30.3 Å². The molecule has 0 bridgehead atoms. The number of hydrogen-bond donors (Lipinski definition) is 1. The number of ether oxygens (including phenoxy) is 1. The highest BCUT2D eigenvalue weighted by Gasteiger charge is 2.28. The Bertz CT molecular complexity index is 828. The smallest absolute Gasteiger partial charge is 0.333 e.